The van der Waals surface area contributed by atoms with Crippen LogP contribution in [0.3, 0.4) is 0 Å². The summed E-state index contributed by atoms with van der Waals surface area (Å²) in [5.41, 5.74) is 4.28. The van der Waals surface area contributed by atoms with Crippen molar-refractivity contribution in [3.8, 4) is 0 Å². The van der Waals surface area contributed by atoms with Gasteiger partial charge in [0.05, 0.1) is 17.8 Å². The van der Waals surface area contributed by atoms with Gasteiger partial charge in [0, 0.05) is 22.6 Å². The average Bonchev–Trinajstić information content (AvgIpc) is 2.86. The number of benzene rings is 2. The number of rotatable bonds is 6. The van der Waals surface area contributed by atoms with E-state index in [0.717, 1.165) is 59.8 Å². The van der Waals surface area contributed by atoms with Gasteiger partial charge in [-0.1, -0.05) is 36.2 Å². The van der Waals surface area contributed by atoms with Crippen molar-refractivity contribution in [1.82, 2.24) is 14.8 Å². The third-order valence-electron chi connectivity index (χ3n) is 7.16. The minimum absolute atomic E-state index is 0.0407. The summed E-state index contributed by atoms with van der Waals surface area (Å²) in [7, 11) is 0. The third kappa shape index (κ3) is 5.96. The molecule has 2 aliphatic heterocycles. The molecule has 2 aromatic carbocycles. The molecule has 0 radical (unpaired) electrons. The topological polar surface area (TPSA) is 48.5 Å². The van der Waals surface area contributed by atoms with E-state index in [4.69, 9.17) is 16.6 Å². The van der Waals surface area contributed by atoms with Crippen molar-refractivity contribution >= 4 is 34.1 Å². The maximum atomic E-state index is 12.7. The predicted octanol–water partition coefficient (Wildman–Crippen LogP) is 5.69. The largest absolute Gasteiger partial charge is 0.325 e. The number of anilines is 1. The lowest BCUT2D eigenvalue weighted by Crippen LogP contribution is -2.38. The number of pyridine rings is 1. The number of hydrogen-bond acceptors (Lipinski definition) is 4. The molecule has 2 fully saturated rings. The number of nitrogens with one attached hydrogen (secondary N) is 1. The van der Waals surface area contributed by atoms with Crippen LogP contribution in [0.1, 0.15) is 49.3 Å². The van der Waals surface area contributed by atoms with Gasteiger partial charge in [-0.25, -0.2) is 0 Å². The van der Waals surface area contributed by atoms with Crippen molar-refractivity contribution in [1.29, 1.82) is 0 Å². The number of nitrogens with zero attached hydrogens (tertiary/aromatic N) is 3. The molecule has 2 aliphatic rings. The van der Waals surface area contributed by atoms with Crippen LogP contribution in [0, 0.1) is 0 Å². The van der Waals surface area contributed by atoms with Crippen molar-refractivity contribution < 1.29 is 4.79 Å². The first-order valence-electron chi connectivity index (χ1n) is 12.5. The molecule has 5 rings (SSSR count). The van der Waals surface area contributed by atoms with E-state index < -0.39 is 0 Å². The van der Waals surface area contributed by atoms with Crippen LogP contribution in [0.5, 0.6) is 0 Å². The third-order valence-corrected chi connectivity index (χ3v) is 7.41. The molecule has 1 aromatic heterocycles. The second kappa shape index (κ2) is 10.9. The predicted molar refractivity (Wildman–Crippen MR) is 139 cm³/mol. The number of likely N-dealkylation sites (tertiary alicyclic amines) is 2. The Morgan fingerprint density at radius 2 is 1.68 bits per heavy atom. The molecule has 0 spiro atoms. The summed E-state index contributed by atoms with van der Waals surface area (Å²) in [6, 6.07) is 18.4. The van der Waals surface area contributed by atoms with Gasteiger partial charge >= 0.3 is 0 Å². The molecule has 0 saturated carbocycles. The second-order valence-electron chi connectivity index (χ2n) is 9.70. The lowest BCUT2D eigenvalue weighted by Gasteiger charge is -2.31. The van der Waals surface area contributed by atoms with Gasteiger partial charge < -0.3 is 5.32 Å². The average molecular weight is 477 g/mol. The van der Waals surface area contributed by atoms with Crippen molar-refractivity contribution in [3.05, 3.63) is 70.9 Å². The number of carbonyl (C=O) groups is 1. The summed E-state index contributed by atoms with van der Waals surface area (Å²) in [6.07, 6.45) is 6.05. The SMILES string of the molecule is O=C(CN1CCC(c2ccc(Cl)cc2)CC1)Nc1ccc2nc(CN3CCCCC3)ccc2c1. The Morgan fingerprint density at radius 3 is 2.44 bits per heavy atom. The minimum atomic E-state index is 0.0407. The molecule has 6 heteroatoms. The molecule has 1 amide bonds. The van der Waals surface area contributed by atoms with E-state index in [9.17, 15) is 4.79 Å². The lowest BCUT2D eigenvalue weighted by atomic mass is 9.89. The highest BCUT2D eigenvalue weighted by atomic mass is 35.5. The molecule has 0 aliphatic carbocycles. The Balaban J connectivity index is 1.13. The molecule has 3 heterocycles. The molecule has 0 atom stereocenters. The maximum Gasteiger partial charge on any atom is 0.238 e. The summed E-state index contributed by atoms with van der Waals surface area (Å²) < 4.78 is 0. The molecule has 3 aromatic rings. The second-order valence-corrected chi connectivity index (χ2v) is 10.1. The fourth-order valence-corrected chi connectivity index (χ4v) is 5.37. The van der Waals surface area contributed by atoms with Gasteiger partial charge in [-0.2, -0.15) is 0 Å². The zero-order chi connectivity index (χ0) is 23.3. The van der Waals surface area contributed by atoms with Crippen LogP contribution < -0.4 is 5.32 Å². The van der Waals surface area contributed by atoms with E-state index >= 15 is 0 Å². The molecule has 0 bridgehead atoms. The fourth-order valence-electron chi connectivity index (χ4n) is 5.24. The van der Waals surface area contributed by atoms with Crippen LogP contribution in [0.2, 0.25) is 5.02 Å². The Morgan fingerprint density at radius 1 is 0.912 bits per heavy atom. The number of halogens is 1. The Hall–Kier alpha value is -2.47. The quantitative estimate of drug-likeness (QED) is 0.496. The molecular formula is C28H33ClN4O. The Labute approximate surface area is 207 Å². The standard InChI is InChI=1S/C28H33ClN4O/c29-24-7-4-21(5-8-24)22-12-16-33(17-13-22)20-28(34)31-25-10-11-27-23(18-25)6-9-26(30-27)19-32-14-2-1-3-15-32/h4-11,18,22H,1-3,12-17,19-20H2,(H,31,34). The first-order chi connectivity index (χ1) is 16.6. The van der Waals surface area contributed by atoms with Crippen LogP contribution in [-0.2, 0) is 11.3 Å². The first-order valence-corrected chi connectivity index (χ1v) is 12.9. The van der Waals surface area contributed by atoms with Gasteiger partial charge in [-0.15, -0.1) is 0 Å². The molecule has 0 unspecified atom stereocenters. The monoisotopic (exact) mass is 476 g/mol. The summed E-state index contributed by atoms with van der Waals surface area (Å²) in [5.74, 6) is 0.586. The van der Waals surface area contributed by atoms with E-state index in [1.165, 1.54) is 37.9 Å². The van der Waals surface area contributed by atoms with E-state index in [1.807, 2.05) is 30.3 Å². The Kier molecular flexibility index (Phi) is 7.43. The lowest BCUT2D eigenvalue weighted by molar-refractivity contribution is -0.117. The summed E-state index contributed by atoms with van der Waals surface area (Å²) in [4.78, 5) is 22.3. The van der Waals surface area contributed by atoms with Crippen LogP contribution in [0.15, 0.2) is 54.6 Å². The maximum absolute atomic E-state index is 12.7. The highest BCUT2D eigenvalue weighted by Gasteiger charge is 2.22. The smallest absolute Gasteiger partial charge is 0.238 e. The molecule has 34 heavy (non-hydrogen) atoms. The first kappa shape index (κ1) is 23.3. The van der Waals surface area contributed by atoms with E-state index in [1.54, 1.807) is 0 Å². The fraction of sp³-hybridized carbons (Fsp3) is 0.429. The molecule has 5 nitrogen and oxygen atoms in total. The van der Waals surface area contributed by atoms with E-state index in [-0.39, 0.29) is 5.91 Å². The summed E-state index contributed by atoms with van der Waals surface area (Å²) in [5, 5.41) is 4.92. The van der Waals surface area contributed by atoms with Crippen LogP contribution in [0.25, 0.3) is 10.9 Å². The van der Waals surface area contributed by atoms with Crippen molar-refractivity contribution in [3.63, 3.8) is 0 Å². The Bertz CT molecular complexity index is 1120. The van der Waals surface area contributed by atoms with Gasteiger partial charge in [-0.3, -0.25) is 19.6 Å². The van der Waals surface area contributed by atoms with Crippen molar-refractivity contribution in [2.75, 3.05) is 38.0 Å². The highest BCUT2D eigenvalue weighted by Crippen LogP contribution is 2.29. The van der Waals surface area contributed by atoms with E-state index in [0.29, 0.717) is 12.5 Å². The number of amides is 1. The van der Waals surface area contributed by atoms with Gasteiger partial charge in [0.2, 0.25) is 5.91 Å². The highest BCUT2D eigenvalue weighted by molar-refractivity contribution is 6.30. The molecule has 178 valence electrons. The van der Waals surface area contributed by atoms with Crippen molar-refractivity contribution in [2.45, 2.75) is 44.6 Å². The van der Waals surface area contributed by atoms with Gasteiger partial charge in [0.1, 0.15) is 0 Å². The van der Waals surface area contributed by atoms with Crippen LogP contribution in [-0.4, -0.2) is 53.4 Å². The number of carbonyl (C=O) groups excluding carboxylic acids is 1. The number of piperidine rings is 2. The molecule has 2 saturated heterocycles. The molecule has 1 N–H and O–H groups in total. The molecular weight excluding hydrogens is 444 g/mol. The number of hydrogen-bond donors (Lipinski definition) is 1. The number of aromatic nitrogens is 1. The van der Waals surface area contributed by atoms with Crippen LogP contribution >= 0.6 is 11.6 Å². The zero-order valence-corrected chi connectivity index (χ0v) is 20.4. The van der Waals surface area contributed by atoms with E-state index in [2.05, 4.69) is 39.4 Å². The number of fused-ring (bicyclic) bond motifs is 1. The minimum Gasteiger partial charge on any atom is -0.325 e. The summed E-state index contributed by atoms with van der Waals surface area (Å²) >= 11 is 6.01. The van der Waals surface area contributed by atoms with Crippen molar-refractivity contribution in [2.24, 2.45) is 0 Å². The van der Waals surface area contributed by atoms with Gasteiger partial charge in [0.15, 0.2) is 0 Å². The van der Waals surface area contributed by atoms with Crippen LogP contribution in [0.4, 0.5) is 5.69 Å². The van der Waals surface area contributed by atoms with Gasteiger partial charge in [0.25, 0.3) is 0 Å². The zero-order valence-electron chi connectivity index (χ0n) is 19.7. The normalized spacial score (nSPS) is 18.3. The van der Waals surface area contributed by atoms with Gasteiger partial charge in [-0.05, 0) is 99.7 Å². The summed E-state index contributed by atoms with van der Waals surface area (Å²) in [6.45, 7) is 5.55.